The van der Waals surface area contributed by atoms with Gasteiger partial charge in [-0.25, -0.2) is 13.8 Å². The van der Waals surface area contributed by atoms with E-state index in [-0.39, 0.29) is 11.4 Å². The zero-order valence-corrected chi connectivity index (χ0v) is 22.0. The fraction of sp³-hybridized carbons (Fsp3) is 0.280. The zero-order valence-electron chi connectivity index (χ0n) is 19.6. The number of benzene rings is 2. The van der Waals surface area contributed by atoms with Crippen molar-refractivity contribution in [2.24, 2.45) is 5.10 Å². The number of aryl methyl sites for hydroxylation is 2. The summed E-state index contributed by atoms with van der Waals surface area (Å²) in [5, 5.41) is 5.26. The topological polar surface area (TPSA) is 83.8 Å². The maximum Gasteiger partial charge on any atom is 0.258 e. The van der Waals surface area contributed by atoms with Crippen LogP contribution in [0.2, 0.25) is 10.0 Å². The van der Waals surface area contributed by atoms with E-state index in [1.807, 2.05) is 45.0 Å². The van der Waals surface area contributed by atoms with E-state index in [1.54, 1.807) is 6.21 Å². The molecule has 1 aromatic heterocycles. The average Bonchev–Trinajstić information content (AvgIpc) is 3.41. The van der Waals surface area contributed by atoms with Crippen molar-refractivity contribution in [2.45, 2.75) is 44.6 Å². The summed E-state index contributed by atoms with van der Waals surface area (Å²) in [4.78, 5) is 13.0. The van der Waals surface area contributed by atoms with Crippen molar-refractivity contribution < 1.29 is 13.2 Å². The number of sulfonamides is 1. The fourth-order valence-electron chi connectivity index (χ4n) is 4.31. The van der Waals surface area contributed by atoms with Gasteiger partial charge in [0.25, 0.3) is 5.91 Å². The first-order valence-corrected chi connectivity index (χ1v) is 13.3. The molecule has 0 saturated carbocycles. The van der Waals surface area contributed by atoms with Gasteiger partial charge in [-0.2, -0.15) is 9.41 Å². The minimum Gasteiger partial charge on any atom is -0.318 e. The maximum absolute atomic E-state index is 13.1. The van der Waals surface area contributed by atoms with Gasteiger partial charge in [0.15, 0.2) is 0 Å². The van der Waals surface area contributed by atoms with Crippen LogP contribution in [0.15, 0.2) is 58.5 Å². The molecule has 0 bridgehead atoms. The molecule has 0 aliphatic carbocycles. The SMILES string of the molecule is Cc1ccc(-n2c(C)cc(/C=N\NC(=O)[C@H]3CCCN3S(=O)(=O)c3ccc(Cl)cc3)c2C)cc1Cl. The number of hydrogen-bond acceptors (Lipinski definition) is 4. The first-order chi connectivity index (χ1) is 16.6. The van der Waals surface area contributed by atoms with Crippen LogP contribution in [0.25, 0.3) is 5.69 Å². The van der Waals surface area contributed by atoms with Gasteiger partial charge in [0.05, 0.1) is 11.1 Å². The molecule has 1 aliphatic rings. The Morgan fingerprint density at radius 3 is 2.49 bits per heavy atom. The number of halogens is 2. The number of nitrogens with one attached hydrogen (secondary N) is 1. The summed E-state index contributed by atoms with van der Waals surface area (Å²) in [7, 11) is -3.83. The van der Waals surface area contributed by atoms with E-state index in [9.17, 15) is 13.2 Å². The van der Waals surface area contributed by atoms with Crippen LogP contribution in [0.4, 0.5) is 0 Å². The molecule has 2 heterocycles. The lowest BCUT2D eigenvalue weighted by Gasteiger charge is -2.22. The third kappa shape index (κ3) is 5.16. The molecule has 35 heavy (non-hydrogen) atoms. The smallest absolute Gasteiger partial charge is 0.258 e. The van der Waals surface area contributed by atoms with Gasteiger partial charge in [0, 0.05) is 39.2 Å². The van der Waals surface area contributed by atoms with Gasteiger partial charge in [-0.05, 0) is 81.6 Å². The van der Waals surface area contributed by atoms with Crippen molar-refractivity contribution in [1.82, 2.24) is 14.3 Å². The lowest BCUT2D eigenvalue weighted by atomic mass is 10.2. The quantitative estimate of drug-likeness (QED) is 0.357. The van der Waals surface area contributed by atoms with Crippen molar-refractivity contribution >= 4 is 45.3 Å². The van der Waals surface area contributed by atoms with Gasteiger partial charge in [-0.1, -0.05) is 29.3 Å². The Labute approximate surface area is 215 Å². The molecular weight excluding hydrogens is 507 g/mol. The highest BCUT2D eigenvalue weighted by molar-refractivity contribution is 7.89. The molecule has 1 amide bonds. The lowest BCUT2D eigenvalue weighted by molar-refractivity contribution is -0.124. The second-order valence-corrected chi connectivity index (χ2v) is 11.3. The number of rotatable bonds is 6. The van der Waals surface area contributed by atoms with E-state index >= 15 is 0 Å². The van der Waals surface area contributed by atoms with Gasteiger partial charge >= 0.3 is 0 Å². The maximum atomic E-state index is 13.1. The van der Waals surface area contributed by atoms with Gasteiger partial charge in [0.2, 0.25) is 10.0 Å². The molecule has 2 aromatic carbocycles. The number of amides is 1. The number of nitrogens with zero attached hydrogens (tertiary/aromatic N) is 3. The van der Waals surface area contributed by atoms with Crippen LogP contribution in [0, 0.1) is 20.8 Å². The lowest BCUT2D eigenvalue weighted by Crippen LogP contribution is -2.44. The molecule has 1 fully saturated rings. The Kier molecular flexibility index (Phi) is 7.38. The second kappa shape index (κ2) is 10.1. The van der Waals surface area contributed by atoms with Crippen molar-refractivity contribution in [1.29, 1.82) is 0 Å². The Balaban J connectivity index is 1.49. The Hall–Kier alpha value is -2.65. The Bertz CT molecular complexity index is 1400. The number of hydrazone groups is 1. The highest BCUT2D eigenvalue weighted by Crippen LogP contribution is 2.27. The van der Waals surface area contributed by atoms with Crippen molar-refractivity contribution in [3.63, 3.8) is 0 Å². The van der Waals surface area contributed by atoms with Crippen molar-refractivity contribution in [2.75, 3.05) is 6.54 Å². The number of carbonyl (C=O) groups is 1. The highest BCUT2D eigenvalue weighted by Gasteiger charge is 2.39. The average molecular weight is 533 g/mol. The molecule has 1 atom stereocenters. The molecule has 184 valence electrons. The number of hydrogen-bond donors (Lipinski definition) is 1. The Morgan fingerprint density at radius 2 is 1.80 bits per heavy atom. The zero-order chi connectivity index (χ0) is 25.3. The van der Waals surface area contributed by atoms with Crippen LogP contribution in [0.3, 0.4) is 0 Å². The summed E-state index contributed by atoms with van der Waals surface area (Å²) in [5.74, 6) is -0.463. The van der Waals surface area contributed by atoms with Crippen molar-refractivity contribution in [3.05, 3.63) is 81.1 Å². The first-order valence-electron chi connectivity index (χ1n) is 11.2. The molecule has 3 aromatic rings. The molecule has 10 heteroatoms. The summed E-state index contributed by atoms with van der Waals surface area (Å²) in [6.45, 7) is 6.16. The molecule has 0 spiro atoms. The molecule has 1 aliphatic heterocycles. The van der Waals surface area contributed by atoms with E-state index in [2.05, 4.69) is 15.1 Å². The van der Waals surface area contributed by atoms with Gasteiger partial charge in [0.1, 0.15) is 6.04 Å². The number of carbonyl (C=O) groups excluding carboxylic acids is 1. The highest BCUT2D eigenvalue weighted by atomic mass is 35.5. The van der Waals surface area contributed by atoms with Crippen LogP contribution in [0.5, 0.6) is 0 Å². The van der Waals surface area contributed by atoms with E-state index in [0.717, 1.165) is 28.2 Å². The fourth-order valence-corrected chi connectivity index (χ4v) is 6.27. The molecule has 1 N–H and O–H groups in total. The molecule has 7 nitrogen and oxygen atoms in total. The van der Waals surface area contributed by atoms with Crippen molar-refractivity contribution in [3.8, 4) is 5.69 Å². The van der Waals surface area contributed by atoms with E-state index in [1.165, 1.54) is 28.6 Å². The third-order valence-electron chi connectivity index (χ3n) is 6.19. The molecule has 1 saturated heterocycles. The monoisotopic (exact) mass is 532 g/mol. The van der Waals surface area contributed by atoms with Gasteiger partial charge in [-0.3, -0.25) is 4.79 Å². The summed E-state index contributed by atoms with van der Waals surface area (Å²) < 4.78 is 29.4. The Morgan fingerprint density at radius 1 is 1.09 bits per heavy atom. The first kappa shape index (κ1) is 25.4. The van der Waals surface area contributed by atoms with Crippen LogP contribution in [-0.2, 0) is 14.8 Å². The predicted octanol–water partition coefficient (Wildman–Crippen LogP) is 5.01. The standard InChI is InChI=1S/C25H26Cl2N4O3S/c1-16-6-9-21(14-23(16)27)31-17(2)13-19(18(31)3)15-28-29-25(32)24-5-4-12-30(24)35(33,34)22-10-7-20(26)8-11-22/h6-11,13-15,24H,4-5,12H2,1-3H3,(H,29,32)/b28-15-/t24-/m1/s1. The van der Waals surface area contributed by atoms with E-state index in [4.69, 9.17) is 23.2 Å². The largest absolute Gasteiger partial charge is 0.318 e. The second-order valence-electron chi connectivity index (χ2n) is 8.56. The molecule has 0 unspecified atom stereocenters. The van der Waals surface area contributed by atoms with Gasteiger partial charge < -0.3 is 4.57 Å². The minimum absolute atomic E-state index is 0.105. The van der Waals surface area contributed by atoms with Crippen LogP contribution in [0.1, 0.15) is 35.4 Å². The van der Waals surface area contributed by atoms with Crippen LogP contribution < -0.4 is 5.43 Å². The van der Waals surface area contributed by atoms with Crippen LogP contribution >= 0.6 is 23.2 Å². The van der Waals surface area contributed by atoms with Crippen LogP contribution in [-0.4, -0.2) is 42.0 Å². The summed E-state index contributed by atoms with van der Waals surface area (Å²) in [6, 6.07) is 12.9. The van der Waals surface area contributed by atoms with Gasteiger partial charge in [-0.15, -0.1) is 0 Å². The third-order valence-corrected chi connectivity index (χ3v) is 8.77. The van der Waals surface area contributed by atoms with E-state index < -0.39 is 22.0 Å². The summed E-state index contributed by atoms with van der Waals surface area (Å²) >= 11 is 12.2. The minimum atomic E-state index is -3.83. The molecular formula is C25H26Cl2N4O3S. The number of aromatic nitrogens is 1. The molecule has 0 radical (unpaired) electrons. The normalized spacial score (nSPS) is 16.8. The van der Waals surface area contributed by atoms with E-state index in [0.29, 0.717) is 22.9 Å². The summed E-state index contributed by atoms with van der Waals surface area (Å²) in [6.07, 6.45) is 2.59. The summed E-state index contributed by atoms with van der Waals surface area (Å²) in [5.41, 5.74) is 7.22. The predicted molar refractivity (Wildman–Crippen MR) is 139 cm³/mol. The molecule has 4 rings (SSSR count).